The van der Waals surface area contributed by atoms with Gasteiger partial charge in [-0.15, -0.1) is 0 Å². The fourth-order valence-corrected chi connectivity index (χ4v) is 0.775. The normalized spacial score (nSPS) is 11.4. The van der Waals surface area contributed by atoms with Crippen LogP contribution in [0.25, 0.3) is 0 Å². The molecular weight excluding hydrogens is 200 g/mol. The zero-order valence-electron chi connectivity index (χ0n) is 8.79. The van der Waals surface area contributed by atoms with Gasteiger partial charge in [-0.25, -0.2) is 0 Å². The molecule has 0 saturated heterocycles. The van der Waals surface area contributed by atoms with Crippen molar-refractivity contribution in [3.63, 3.8) is 0 Å². The highest BCUT2D eigenvalue weighted by atomic mass is 16.2. The third kappa shape index (κ3) is 5.63. The van der Waals surface area contributed by atoms with Gasteiger partial charge < -0.3 is 21.7 Å². The first kappa shape index (κ1) is 13.4. The number of rotatable bonds is 5. The van der Waals surface area contributed by atoms with E-state index in [4.69, 9.17) is 5.73 Å². The molecule has 0 aromatic carbocycles. The summed E-state index contributed by atoms with van der Waals surface area (Å²) in [7, 11) is 1.47. The minimum Gasteiger partial charge on any atom is -0.358 e. The highest BCUT2D eigenvalue weighted by Crippen LogP contribution is 1.81. The number of hydrogen-bond donors (Lipinski definition) is 4. The first-order chi connectivity index (χ1) is 7.01. The van der Waals surface area contributed by atoms with E-state index in [0.717, 1.165) is 0 Å². The quantitative estimate of drug-likeness (QED) is 0.401. The van der Waals surface area contributed by atoms with Crippen molar-refractivity contribution in [2.75, 3.05) is 20.1 Å². The molecule has 0 heterocycles. The average molecular weight is 216 g/mol. The number of carbonyl (C=O) groups is 3. The third-order valence-corrected chi connectivity index (χ3v) is 1.66. The summed E-state index contributed by atoms with van der Waals surface area (Å²) in [6, 6.07) is -0.703. The Morgan fingerprint density at radius 2 is 1.87 bits per heavy atom. The van der Waals surface area contributed by atoms with Crippen LogP contribution in [0.5, 0.6) is 0 Å². The van der Waals surface area contributed by atoms with Crippen LogP contribution in [0.2, 0.25) is 0 Å². The molecule has 0 spiro atoms. The van der Waals surface area contributed by atoms with Crippen molar-refractivity contribution in [3.8, 4) is 0 Å². The number of amides is 3. The SMILES string of the molecule is CNC(=O)CNC(=O)[C@H](C)NC(=O)CN. The highest BCUT2D eigenvalue weighted by molar-refractivity contribution is 5.90. The molecule has 0 bridgehead atoms. The van der Waals surface area contributed by atoms with Gasteiger partial charge in [0.05, 0.1) is 13.1 Å². The molecule has 5 N–H and O–H groups in total. The topological polar surface area (TPSA) is 113 Å². The molecule has 3 amide bonds. The maximum absolute atomic E-state index is 11.3. The van der Waals surface area contributed by atoms with Gasteiger partial charge in [0, 0.05) is 7.05 Å². The van der Waals surface area contributed by atoms with Crippen LogP contribution in [0.4, 0.5) is 0 Å². The van der Waals surface area contributed by atoms with E-state index in [9.17, 15) is 14.4 Å². The standard InChI is InChI=1S/C8H16N4O3/c1-5(12-6(13)3-9)8(15)11-4-7(14)10-2/h5H,3-4,9H2,1-2H3,(H,10,14)(H,11,15)(H,12,13)/t5-/m0/s1. The molecule has 0 aliphatic carbocycles. The van der Waals surface area contributed by atoms with Crippen molar-refractivity contribution in [2.45, 2.75) is 13.0 Å². The van der Waals surface area contributed by atoms with Crippen molar-refractivity contribution in [1.82, 2.24) is 16.0 Å². The number of likely N-dealkylation sites (N-methyl/N-ethyl adjacent to an activating group) is 1. The second-order valence-corrected chi connectivity index (χ2v) is 2.88. The molecule has 0 fully saturated rings. The lowest BCUT2D eigenvalue weighted by Gasteiger charge is -2.12. The van der Waals surface area contributed by atoms with Crippen LogP contribution in [-0.2, 0) is 14.4 Å². The minimum atomic E-state index is -0.703. The highest BCUT2D eigenvalue weighted by Gasteiger charge is 2.14. The molecule has 1 atom stereocenters. The minimum absolute atomic E-state index is 0.113. The summed E-state index contributed by atoms with van der Waals surface area (Å²) in [5.74, 6) is -1.15. The summed E-state index contributed by atoms with van der Waals surface area (Å²) in [6.07, 6.45) is 0. The lowest BCUT2D eigenvalue weighted by atomic mass is 10.3. The van der Waals surface area contributed by atoms with Crippen LogP contribution in [0.1, 0.15) is 6.92 Å². The molecule has 15 heavy (non-hydrogen) atoms. The number of nitrogens with one attached hydrogen (secondary N) is 3. The average Bonchev–Trinajstić information content (AvgIpc) is 2.24. The Balaban J connectivity index is 3.89. The molecule has 0 radical (unpaired) electrons. The Labute approximate surface area is 87.8 Å². The molecule has 7 heteroatoms. The Bertz CT molecular complexity index is 254. The lowest BCUT2D eigenvalue weighted by Crippen LogP contribution is -2.48. The fraction of sp³-hybridized carbons (Fsp3) is 0.625. The summed E-state index contributed by atoms with van der Waals surface area (Å²) in [6.45, 7) is 1.22. The molecular formula is C8H16N4O3. The van der Waals surface area contributed by atoms with Crippen molar-refractivity contribution in [1.29, 1.82) is 0 Å². The van der Waals surface area contributed by atoms with Crippen LogP contribution in [0.15, 0.2) is 0 Å². The summed E-state index contributed by atoms with van der Waals surface area (Å²) >= 11 is 0. The van der Waals surface area contributed by atoms with E-state index < -0.39 is 17.9 Å². The van der Waals surface area contributed by atoms with Gasteiger partial charge in [0.25, 0.3) is 0 Å². The molecule has 86 valence electrons. The van der Waals surface area contributed by atoms with Gasteiger partial charge in [0.2, 0.25) is 17.7 Å². The van der Waals surface area contributed by atoms with Crippen LogP contribution in [0.3, 0.4) is 0 Å². The molecule has 0 aliphatic rings. The fourth-order valence-electron chi connectivity index (χ4n) is 0.775. The first-order valence-electron chi connectivity index (χ1n) is 4.49. The van der Waals surface area contributed by atoms with E-state index >= 15 is 0 Å². The second kappa shape index (κ2) is 6.77. The molecule has 0 aromatic rings. The van der Waals surface area contributed by atoms with Gasteiger partial charge in [-0.3, -0.25) is 14.4 Å². The van der Waals surface area contributed by atoms with Crippen molar-refractivity contribution < 1.29 is 14.4 Å². The van der Waals surface area contributed by atoms with E-state index in [1.807, 2.05) is 0 Å². The predicted octanol–water partition coefficient (Wildman–Crippen LogP) is -2.69. The number of nitrogens with two attached hydrogens (primary N) is 1. The van der Waals surface area contributed by atoms with Crippen LogP contribution in [-0.4, -0.2) is 43.9 Å². The van der Waals surface area contributed by atoms with E-state index in [1.54, 1.807) is 0 Å². The maximum atomic E-state index is 11.3. The predicted molar refractivity (Wildman–Crippen MR) is 53.7 cm³/mol. The van der Waals surface area contributed by atoms with Crippen molar-refractivity contribution in [3.05, 3.63) is 0 Å². The molecule has 7 nitrogen and oxygen atoms in total. The zero-order chi connectivity index (χ0) is 11.8. The molecule has 0 unspecified atom stereocenters. The smallest absolute Gasteiger partial charge is 0.242 e. The number of hydrogen-bond acceptors (Lipinski definition) is 4. The van der Waals surface area contributed by atoms with E-state index in [2.05, 4.69) is 16.0 Å². The van der Waals surface area contributed by atoms with Crippen LogP contribution in [0, 0.1) is 0 Å². The largest absolute Gasteiger partial charge is 0.358 e. The summed E-state index contributed by atoms with van der Waals surface area (Å²) in [5.41, 5.74) is 5.06. The van der Waals surface area contributed by atoms with E-state index in [1.165, 1.54) is 14.0 Å². The van der Waals surface area contributed by atoms with Gasteiger partial charge in [-0.05, 0) is 6.92 Å². The number of carbonyl (C=O) groups excluding carboxylic acids is 3. The molecule has 0 saturated carbocycles. The molecule has 0 aromatic heterocycles. The van der Waals surface area contributed by atoms with Gasteiger partial charge in [-0.1, -0.05) is 0 Å². The van der Waals surface area contributed by atoms with Crippen molar-refractivity contribution in [2.24, 2.45) is 5.73 Å². The maximum Gasteiger partial charge on any atom is 0.242 e. The zero-order valence-corrected chi connectivity index (χ0v) is 8.79. The Kier molecular flexibility index (Phi) is 6.03. The van der Waals surface area contributed by atoms with Gasteiger partial charge in [0.15, 0.2) is 0 Å². The van der Waals surface area contributed by atoms with Crippen LogP contribution < -0.4 is 21.7 Å². The van der Waals surface area contributed by atoms with Crippen molar-refractivity contribution >= 4 is 17.7 Å². The summed E-state index contributed by atoms with van der Waals surface area (Å²) in [5, 5.41) is 7.07. The second-order valence-electron chi connectivity index (χ2n) is 2.88. The van der Waals surface area contributed by atoms with E-state index in [0.29, 0.717) is 0 Å². The lowest BCUT2D eigenvalue weighted by molar-refractivity contribution is -0.129. The summed E-state index contributed by atoms with van der Waals surface area (Å²) < 4.78 is 0. The Hall–Kier alpha value is -1.63. The first-order valence-corrected chi connectivity index (χ1v) is 4.49. The van der Waals surface area contributed by atoms with Crippen LogP contribution >= 0.6 is 0 Å². The molecule has 0 rings (SSSR count). The van der Waals surface area contributed by atoms with Gasteiger partial charge in [0.1, 0.15) is 6.04 Å². The van der Waals surface area contributed by atoms with Gasteiger partial charge >= 0.3 is 0 Å². The Morgan fingerprint density at radius 1 is 1.27 bits per heavy atom. The van der Waals surface area contributed by atoms with Gasteiger partial charge in [-0.2, -0.15) is 0 Å². The monoisotopic (exact) mass is 216 g/mol. The molecule has 0 aliphatic heterocycles. The third-order valence-electron chi connectivity index (χ3n) is 1.66. The Morgan fingerprint density at radius 3 is 2.33 bits per heavy atom. The summed E-state index contributed by atoms with van der Waals surface area (Å²) in [4.78, 5) is 32.9. The van der Waals surface area contributed by atoms with E-state index in [-0.39, 0.29) is 19.0 Å².